The van der Waals surface area contributed by atoms with Crippen LogP contribution in [-0.4, -0.2) is 4.69 Å². The molecule has 0 heterocycles. The van der Waals surface area contributed by atoms with Crippen molar-refractivity contribution in [3.8, 4) is 0 Å². The van der Waals surface area contributed by atoms with Crippen LogP contribution in [0, 0.1) is 6.92 Å². The van der Waals surface area contributed by atoms with E-state index in [9.17, 15) is 4.79 Å². The lowest BCUT2D eigenvalue weighted by Crippen LogP contribution is -2.00. The van der Waals surface area contributed by atoms with E-state index in [0.29, 0.717) is 0 Å². The average Bonchev–Trinajstić information content (AvgIpc) is 2.14. The van der Waals surface area contributed by atoms with E-state index in [1.54, 1.807) is 0 Å². The van der Waals surface area contributed by atoms with Gasteiger partial charge >= 0.3 is 0 Å². The van der Waals surface area contributed by atoms with Crippen LogP contribution < -0.4 is 0 Å². The van der Waals surface area contributed by atoms with E-state index < -0.39 is 0 Å². The summed E-state index contributed by atoms with van der Waals surface area (Å²) in [6.07, 6.45) is 3.28. The standard InChI is InChI=1S/C12H15BrO/c1-3-4-7-10-8-5-6-9(2)11(10)12(13)14/h5-6,8H,3-4,7H2,1-2H3. The fourth-order valence-corrected chi connectivity index (χ4v) is 2.15. The summed E-state index contributed by atoms with van der Waals surface area (Å²) < 4.78 is 0.00158. The highest BCUT2D eigenvalue weighted by Crippen LogP contribution is 2.19. The number of hydrogen-bond acceptors (Lipinski definition) is 1. The van der Waals surface area contributed by atoms with Gasteiger partial charge in [0.15, 0.2) is 0 Å². The van der Waals surface area contributed by atoms with Crippen LogP contribution in [0.3, 0.4) is 0 Å². The van der Waals surface area contributed by atoms with Crippen molar-refractivity contribution in [2.24, 2.45) is 0 Å². The largest absolute Gasteiger partial charge is 0.281 e. The summed E-state index contributed by atoms with van der Waals surface area (Å²) in [5.41, 5.74) is 3.06. The second kappa shape index (κ2) is 5.30. The molecule has 0 saturated carbocycles. The van der Waals surface area contributed by atoms with Crippen molar-refractivity contribution in [3.63, 3.8) is 0 Å². The maximum atomic E-state index is 11.4. The highest BCUT2D eigenvalue weighted by Gasteiger charge is 2.10. The van der Waals surface area contributed by atoms with Gasteiger partial charge in [-0.05, 0) is 46.8 Å². The van der Waals surface area contributed by atoms with Crippen LogP contribution in [0.1, 0.15) is 41.3 Å². The first-order chi connectivity index (χ1) is 6.66. The Morgan fingerprint density at radius 1 is 1.43 bits per heavy atom. The average molecular weight is 255 g/mol. The molecule has 0 unspecified atom stereocenters. The van der Waals surface area contributed by atoms with E-state index in [-0.39, 0.29) is 4.69 Å². The van der Waals surface area contributed by atoms with E-state index in [1.807, 2.05) is 25.1 Å². The summed E-state index contributed by atoms with van der Waals surface area (Å²) in [5.74, 6) is 0. The topological polar surface area (TPSA) is 17.1 Å². The molecule has 0 radical (unpaired) electrons. The number of aryl methyl sites for hydroxylation is 2. The molecule has 0 N–H and O–H groups in total. The molecule has 1 aromatic carbocycles. The van der Waals surface area contributed by atoms with Crippen molar-refractivity contribution in [2.45, 2.75) is 33.1 Å². The van der Waals surface area contributed by atoms with Gasteiger partial charge in [0.1, 0.15) is 0 Å². The SMILES string of the molecule is CCCCc1cccc(C)c1C(=O)Br. The monoisotopic (exact) mass is 254 g/mol. The Hall–Kier alpha value is -0.630. The van der Waals surface area contributed by atoms with Gasteiger partial charge in [-0.15, -0.1) is 0 Å². The van der Waals surface area contributed by atoms with Crippen molar-refractivity contribution < 1.29 is 4.79 Å². The first kappa shape index (κ1) is 11.4. The molecule has 1 rings (SSSR count). The normalized spacial score (nSPS) is 10.2. The lowest BCUT2D eigenvalue weighted by Gasteiger charge is -2.08. The van der Waals surface area contributed by atoms with E-state index in [0.717, 1.165) is 36.0 Å². The summed E-state index contributed by atoms with van der Waals surface area (Å²) in [5, 5.41) is 0. The zero-order valence-corrected chi connectivity index (χ0v) is 10.2. The quantitative estimate of drug-likeness (QED) is 0.746. The van der Waals surface area contributed by atoms with E-state index in [2.05, 4.69) is 22.9 Å². The molecule has 76 valence electrons. The van der Waals surface area contributed by atoms with Crippen LogP contribution in [-0.2, 0) is 6.42 Å². The number of unbranched alkanes of at least 4 members (excludes halogenated alkanes) is 1. The van der Waals surface area contributed by atoms with E-state index in [4.69, 9.17) is 0 Å². The fourth-order valence-electron chi connectivity index (χ4n) is 1.59. The number of benzene rings is 1. The van der Waals surface area contributed by atoms with Gasteiger partial charge in [-0.1, -0.05) is 31.5 Å². The highest BCUT2D eigenvalue weighted by molar-refractivity contribution is 9.18. The predicted octanol–water partition coefficient (Wildman–Crippen LogP) is 3.87. The van der Waals surface area contributed by atoms with Gasteiger partial charge in [-0.2, -0.15) is 0 Å². The Kier molecular flexibility index (Phi) is 4.33. The Balaban J connectivity index is 3.02. The minimum absolute atomic E-state index is 0.00158. The molecule has 0 aliphatic heterocycles. The van der Waals surface area contributed by atoms with Crippen molar-refractivity contribution in [3.05, 3.63) is 34.9 Å². The van der Waals surface area contributed by atoms with Crippen molar-refractivity contribution in [1.29, 1.82) is 0 Å². The molecular formula is C12H15BrO. The third-order valence-corrected chi connectivity index (χ3v) is 2.75. The molecule has 0 aliphatic carbocycles. The zero-order valence-electron chi connectivity index (χ0n) is 8.64. The molecule has 1 nitrogen and oxygen atoms in total. The summed E-state index contributed by atoms with van der Waals surface area (Å²) in [7, 11) is 0. The van der Waals surface area contributed by atoms with Gasteiger partial charge in [-0.3, -0.25) is 4.79 Å². The summed E-state index contributed by atoms with van der Waals surface area (Å²) in [4.78, 5) is 11.4. The van der Waals surface area contributed by atoms with Crippen LogP contribution >= 0.6 is 15.9 Å². The summed E-state index contributed by atoms with van der Waals surface area (Å²) >= 11 is 3.04. The number of rotatable bonds is 4. The Morgan fingerprint density at radius 3 is 2.71 bits per heavy atom. The third-order valence-electron chi connectivity index (χ3n) is 2.36. The van der Waals surface area contributed by atoms with Gasteiger partial charge in [0.2, 0.25) is 4.69 Å². The van der Waals surface area contributed by atoms with Crippen molar-refractivity contribution in [1.82, 2.24) is 0 Å². The second-order valence-electron chi connectivity index (χ2n) is 3.49. The number of carbonyl (C=O) groups is 1. The second-order valence-corrected chi connectivity index (χ2v) is 4.21. The molecule has 0 saturated heterocycles. The Bertz CT molecular complexity index is 331. The van der Waals surface area contributed by atoms with Crippen molar-refractivity contribution in [2.75, 3.05) is 0 Å². The van der Waals surface area contributed by atoms with Gasteiger partial charge in [0.05, 0.1) is 0 Å². The molecule has 0 spiro atoms. The van der Waals surface area contributed by atoms with Gasteiger partial charge in [0.25, 0.3) is 0 Å². The molecule has 0 atom stereocenters. The van der Waals surface area contributed by atoms with Gasteiger partial charge in [0, 0.05) is 5.56 Å². The molecule has 2 heteroatoms. The number of carbonyl (C=O) groups excluding carboxylic acids is 1. The number of halogens is 1. The van der Waals surface area contributed by atoms with Crippen molar-refractivity contribution >= 4 is 20.6 Å². The highest BCUT2D eigenvalue weighted by atomic mass is 79.9. The van der Waals surface area contributed by atoms with E-state index in [1.165, 1.54) is 0 Å². The van der Waals surface area contributed by atoms with Gasteiger partial charge < -0.3 is 0 Å². The van der Waals surface area contributed by atoms with Crippen LogP contribution in [0.4, 0.5) is 0 Å². The zero-order chi connectivity index (χ0) is 10.6. The Morgan fingerprint density at radius 2 is 2.14 bits per heavy atom. The molecule has 0 amide bonds. The smallest absolute Gasteiger partial charge is 0.228 e. The van der Waals surface area contributed by atoms with Crippen LogP contribution in [0.15, 0.2) is 18.2 Å². The predicted molar refractivity (Wildman–Crippen MR) is 63.0 cm³/mol. The summed E-state index contributed by atoms with van der Waals surface area (Å²) in [6, 6.07) is 6.03. The van der Waals surface area contributed by atoms with Crippen LogP contribution in [0.2, 0.25) is 0 Å². The molecule has 14 heavy (non-hydrogen) atoms. The third kappa shape index (κ3) is 2.68. The molecule has 0 aromatic heterocycles. The Labute approximate surface area is 93.7 Å². The number of hydrogen-bond donors (Lipinski definition) is 0. The molecule has 0 bridgehead atoms. The minimum Gasteiger partial charge on any atom is -0.281 e. The minimum atomic E-state index is 0.00158. The van der Waals surface area contributed by atoms with Crippen LogP contribution in [0.25, 0.3) is 0 Å². The molecule has 0 aliphatic rings. The molecular weight excluding hydrogens is 240 g/mol. The van der Waals surface area contributed by atoms with Gasteiger partial charge in [-0.25, -0.2) is 0 Å². The lowest BCUT2D eigenvalue weighted by atomic mass is 9.99. The maximum absolute atomic E-state index is 11.4. The first-order valence-electron chi connectivity index (χ1n) is 4.95. The first-order valence-corrected chi connectivity index (χ1v) is 5.74. The molecule has 0 fully saturated rings. The molecule has 1 aromatic rings. The maximum Gasteiger partial charge on any atom is 0.228 e. The van der Waals surface area contributed by atoms with Crippen LogP contribution in [0.5, 0.6) is 0 Å². The fraction of sp³-hybridized carbons (Fsp3) is 0.417. The lowest BCUT2D eigenvalue weighted by molar-refractivity contribution is 0.109. The summed E-state index contributed by atoms with van der Waals surface area (Å²) in [6.45, 7) is 4.13. The van der Waals surface area contributed by atoms with E-state index >= 15 is 0 Å².